The van der Waals surface area contributed by atoms with Crippen LogP contribution in [0.25, 0.3) is 22.2 Å². The van der Waals surface area contributed by atoms with E-state index in [-0.39, 0.29) is 6.03 Å². The Kier molecular flexibility index (Phi) is 3.92. The van der Waals surface area contributed by atoms with Crippen LogP contribution < -0.4 is 10.6 Å². The number of carbonyl (C=O) groups excluding carboxylic acids is 1. The highest BCUT2D eigenvalue weighted by molar-refractivity contribution is 5.99. The van der Waals surface area contributed by atoms with E-state index in [2.05, 4.69) is 33.8 Å². The molecule has 0 atom stereocenters. The van der Waals surface area contributed by atoms with Crippen molar-refractivity contribution in [2.24, 2.45) is 0 Å². The molecule has 2 amide bonds. The van der Waals surface area contributed by atoms with Crippen LogP contribution in [-0.4, -0.2) is 11.0 Å². The molecule has 1 aromatic heterocycles. The van der Waals surface area contributed by atoms with Crippen molar-refractivity contribution in [3.05, 3.63) is 84.9 Å². The Bertz CT molecular complexity index is 971. The average Bonchev–Trinajstić information content (AvgIpc) is 3.07. The second kappa shape index (κ2) is 6.53. The van der Waals surface area contributed by atoms with Crippen molar-refractivity contribution in [1.29, 1.82) is 0 Å². The van der Waals surface area contributed by atoms with E-state index in [1.807, 2.05) is 66.7 Å². The van der Waals surface area contributed by atoms with Gasteiger partial charge in [0.05, 0.1) is 0 Å². The molecule has 0 aliphatic carbocycles. The molecule has 1 heterocycles. The number of H-pyrrole nitrogens is 1. The maximum atomic E-state index is 12.0. The van der Waals surface area contributed by atoms with Crippen LogP contribution in [0.1, 0.15) is 0 Å². The number of anilines is 2. The smallest absolute Gasteiger partial charge is 0.323 e. The minimum absolute atomic E-state index is 0.260. The lowest BCUT2D eigenvalue weighted by Crippen LogP contribution is -2.19. The zero-order valence-electron chi connectivity index (χ0n) is 13.5. The van der Waals surface area contributed by atoms with E-state index in [0.29, 0.717) is 0 Å². The Balaban J connectivity index is 1.47. The molecule has 0 bridgehead atoms. The maximum Gasteiger partial charge on any atom is 0.323 e. The summed E-state index contributed by atoms with van der Waals surface area (Å²) >= 11 is 0. The summed E-state index contributed by atoms with van der Waals surface area (Å²) < 4.78 is 0. The Morgan fingerprint density at radius 2 is 1.36 bits per heavy atom. The van der Waals surface area contributed by atoms with Crippen LogP contribution in [-0.2, 0) is 0 Å². The van der Waals surface area contributed by atoms with E-state index in [1.54, 1.807) is 0 Å². The Morgan fingerprint density at radius 1 is 0.720 bits per heavy atom. The van der Waals surface area contributed by atoms with Gasteiger partial charge < -0.3 is 15.6 Å². The number of aromatic nitrogens is 1. The number of fused-ring (bicyclic) bond motifs is 1. The summed E-state index contributed by atoms with van der Waals surface area (Å²) in [5.41, 5.74) is 4.75. The zero-order chi connectivity index (χ0) is 17.1. The topological polar surface area (TPSA) is 56.9 Å². The van der Waals surface area contributed by atoms with Crippen molar-refractivity contribution in [2.75, 3.05) is 10.6 Å². The number of para-hydroxylation sites is 2. The molecule has 0 saturated carbocycles. The second-order valence-corrected chi connectivity index (χ2v) is 5.79. The van der Waals surface area contributed by atoms with Gasteiger partial charge in [0.25, 0.3) is 0 Å². The SMILES string of the molecule is O=C(Nc1ccccc1)Nc1ccc(-c2cc3ccccc3[nH]2)cc1. The summed E-state index contributed by atoms with van der Waals surface area (Å²) in [4.78, 5) is 15.4. The van der Waals surface area contributed by atoms with Gasteiger partial charge in [-0.2, -0.15) is 0 Å². The van der Waals surface area contributed by atoms with Gasteiger partial charge in [-0.25, -0.2) is 4.79 Å². The van der Waals surface area contributed by atoms with Gasteiger partial charge in [-0.1, -0.05) is 48.5 Å². The molecule has 0 fully saturated rings. The number of amides is 2. The van der Waals surface area contributed by atoms with Crippen molar-refractivity contribution >= 4 is 28.3 Å². The standard InChI is InChI=1S/C21H17N3O/c25-21(22-17-7-2-1-3-8-17)23-18-12-10-15(11-13-18)20-14-16-6-4-5-9-19(16)24-20/h1-14,24H,(H2,22,23,25). The van der Waals surface area contributed by atoms with E-state index >= 15 is 0 Å². The molecule has 4 rings (SSSR count). The van der Waals surface area contributed by atoms with Gasteiger partial charge in [0.15, 0.2) is 0 Å². The first-order valence-corrected chi connectivity index (χ1v) is 8.09. The molecule has 122 valence electrons. The van der Waals surface area contributed by atoms with Gasteiger partial charge in [-0.05, 0) is 42.0 Å². The van der Waals surface area contributed by atoms with E-state index in [9.17, 15) is 4.79 Å². The average molecular weight is 327 g/mol. The molecular formula is C21H17N3O. The molecule has 3 N–H and O–H groups in total. The fourth-order valence-corrected chi connectivity index (χ4v) is 2.78. The zero-order valence-corrected chi connectivity index (χ0v) is 13.5. The van der Waals surface area contributed by atoms with Crippen molar-refractivity contribution in [3.8, 4) is 11.3 Å². The predicted octanol–water partition coefficient (Wildman–Crippen LogP) is 5.48. The van der Waals surface area contributed by atoms with Crippen molar-refractivity contribution in [2.45, 2.75) is 0 Å². The molecule has 4 heteroatoms. The summed E-state index contributed by atoms with van der Waals surface area (Å²) in [6.07, 6.45) is 0. The molecule has 0 saturated heterocycles. The van der Waals surface area contributed by atoms with Gasteiger partial charge in [0, 0.05) is 28.0 Å². The predicted molar refractivity (Wildman–Crippen MR) is 103 cm³/mol. The van der Waals surface area contributed by atoms with Crippen LogP contribution in [0.15, 0.2) is 84.9 Å². The molecule has 0 spiro atoms. The van der Waals surface area contributed by atoms with E-state index in [4.69, 9.17) is 0 Å². The highest BCUT2D eigenvalue weighted by Gasteiger charge is 2.05. The van der Waals surface area contributed by atoms with Gasteiger partial charge >= 0.3 is 6.03 Å². The number of aromatic amines is 1. The molecule has 3 aromatic carbocycles. The normalized spacial score (nSPS) is 10.6. The van der Waals surface area contributed by atoms with Gasteiger partial charge in [0.2, 0.25) is 0 Å². The third kappa shape index (κ3) is 3.38. The molecule has 0 radical (unpaired) electrons. The number of rotatable bonds is 3. The first-order valence-electron chi connectivity index (χ1n) is 8.09. The lowest BCUT2D eigenvalue weighted by Gasteiger charge is -2.08. The first-order chi connectivity index (χ1) is 12.3. The van der Waals surface area contributed by atoms with E-state index < -0.39 is 0 Å². The van der Waals surface area contributed by atoms with Crippen molar-refractivity contribution in [1.82, 2.24) is 4.98 Å². The van der Waals surface area contributed by atoms with Crippen LogP contribution in [0, 0.1) is 0 Å². The van der Waals surface area contributed by atoms with Gasteiger partial charge in [-0.15, -0.1) is 0 Å². The summed E-state index contributed by atoms with van der Waals surface area (Å²) in [5.74, 6) is 0. The largest absolute Gasteiger partial charge is 0.355 e. The second-order valence-electron chi connectivity index (χ2n) is 5.79. The Morgan fingerprint density at radius 3 is 2.08 bits per heavy atom. The summed E-state index contributed by atoms with van der Waals surface area (Å²) in [6.45, 7) is 0. The quantitative estimate of drug-likeness (QED) is 0.458. The van der Waals surface area contributed by atoms with Gasteiger partial charge in [0.1, 0.15) is 0 Å². The molecule has 25 heavy (non-hydrogen) atoms. The highest BCUT2D eigenvalue weighted by atomic mass is 16.2. The number of benzene rings is 3. The third-order valence-electron chi connectivity index (χ3n) is 4.02. The van der Waals surface area contributed by atoms with E-state index in [1.165, 1.54) is 5.39 Å². The van der Waals surface area contributed by atoms with Crippen LogP contribution in [0.5, 0.6) is 0 Å². The molecule has 0 aliphatic rings. The molecule has 4 aromatic rings. The molecule has 4 nitrogen and oxygen atoms in total. The maximum absolute atomic E-state index is 12.0. The monoisotopic (exact) mass is 327 g/mol. The lowest BCUT2D eigenvalue weighted by molar-refractivity contribution is 0.262. The Labute approximate surface area is 145 Å². The first kappa shape index (κ1) is 15.0. The third-order valence-corrected chi connectivity index (χ3v) is 4.02. The summed E-state index contributed by atoms with van der Waals surface area (Å²) in [5, 5.41) is 6.82. The number of hydrogen-bond donors (Lipinski definition) is 3. The van der Waals surface area contributed by atoms with Gasteiger partial charge in [-0.3, -0.25) is 0 Å². The van der Waals surface area contributed by atoms with Crippen molar-refractivity contribution in [3.63, 3.8) is 0 Å². The van der Waals surface area contributed by atoms with Crippen molar-refractivity contribution < 1.29 is 4.79 Å². The highest BCUT2D eigenvalue weighted by Crippen LogP contribution is 2.25. The number of hydrogen-bond acceptors (Lipinski definition) is 1. The van der Waals surface area contributed by atoms with Crippen LogP contribution in [0.4, 0.5) is 16.2 Å². The van der Waals surface area contributed by atoms with Crippen LogP contribution >= 0.6 is 0 Å². The van der Waals surface area contributed by atoms with Crippen LogP contribution in [0.3, 0.4) is 0 Å². The number of carbonyl (C=O) groups is 1. The molecule has 0 aliphatic heterocycles. The van der Waals surface area contributed by atoms with Crippen LogP contribution in [0.2, 0.25) is 0 Å². The fourth-order valence-electron chi connectivity index (χ4n) is 2.78. The molecule has 0 unspecified atom stereocenters. The lowest BCUT2D eigenvalue weighted by atomic mass is 10.1. The minimum atomic E-state index is -0.260. The number of urea groups is 1. The minimum Gasteiger partial charge on any atom is -0.355 e. The fraction of sp³-hybridized carbons (Fsp3) is 0. The summed E-state index contributed by atoms with van der Waals surface area (Å²) in [7, 11) is 0. The van der Waals surface area contributed by atoms with E-state index in [0.717, 1.165) is 28.1 Å². The Hall–Kier alpha value is -3.53. The number of nitrogens with one attached hydrogen (secondary N) is 3. The molecular weight excluding hydrogens is 310 g/mol. The summed E-state index contributed by atoms with van der Waals surface area (Å²) in [6, 6.07) is 27.2.